The van der Waals surface area contributed by atoms with Crippen LogP contribution in [0.5, 0.6) is 0 Å². The first-order valence-corrected chi connectivity index (χ1v) is 3.09. The van der Waals surface area contributed by atoms with E-state index in [0.717, 1.165) is 18.2 Å². The zero-order valence-electron chi connectivity index (χ0n) is 5.22. The second-order valence-electron chi connectivity index (χ2n) is 2.13. The summed E-state index contributed by atoms with van der Waals surface area (Å²) in [5.74, 6) is 0. The van der Waals surface area contributed by atoms with Crippen molar-refractivity contribution in [2.45, 2.75) is 0 Å². The molecule has 0 aromatic carbocycles. The van der Waals surface area contributed by atoms with Crippen molar-refractivity contribution in [3.05, 3.63) is 0 Å². The molecule has 0 aromatic rings. The van der Waals surface area contributed by atoms with Gasteiger partial charge in [0.1, 0.15) is 0 Å². The van der Waals surface area contributed by atoms with Crippen molar-refractivity contribution in [3.8, 4) is 0 Å². The molecule has 1 fully saturated rings. The minimum atomic E-state index is 0. The Morgan fingerprint density at radius 3 is 1.67 bits per heavy atom. The molecule has 0 N–H and O–H groups in total. The summed E-state index contributed by atoms with van der Waals surface area (Å²) in [5.41, 5.74) is 0. The number of nitrogens with zero attached hydrogens (tertiary/aromatic N) is 2. The Balaban J connectivity index is 0.000000640. The molecule has 1 heterocycles. The van der Waals surface area contributed by atoms with Gasteiger partial charge in [0.15, 0.2) is 5.11 Å². The van der Waals surface area contributed by atoms with Gasteiger partial charge < -0.3 is 9.80 Å². The van der Waals surface area contributed by atoms with E-state index in [9.17, 15) is 0 Å². The van der Waals surface area contributed by atoms with Gasteiger partial charge in [0, 0.05) is 27.2 Å². The zero-order chi connectivity index (χ0) is 6.15. The number of likely N-dealkylation sites (N-methyl/N-ethyl adjacent to an activating group) is 2. The van der Waals surface area contributed by atoms with E-state index < -0.39 is 0 Å². The number of rotatable bonds is 0. The molecule has 0 aromatic heterocycles. The second kappa shape index (κ2) is 3.76. The molecule has 0 saturated carbocycles. The van der Waals surface area contributed by atoms with Crippen molar-refractivity contribution in [2.24, 2.45) is 0 Å². The second-order valence-corrected chi connectivity index (χ2v) is 2.49. The minimum absolute atomic E-state index is 0. The van der Waals surface area contributed by atoms with Crippen LogP contribution in [-0.4, -0.2) is 71.7 Å². The van der Waals surface area contributed by atoms with E-state index in [4.69, 9.17) is 12.2 Å². The predicted octanol–water partition coefficient (Wildman–Crippen LogP) is -0.500. The molecular weight excluding hydrogens is 143 g/mol. The average Bonchev–Trinajstić information content (AvgIpc) is 1.98. The maximum absolute atomic E-state index is 5.02. The topological polar surface area (TPSA) is 6.48 Å². The zero-order valence-corrected chi connectivity index (χ0v) is 6.03. The maximum atomic E-state index is 5.02. The fourth-order valence-corrected chi connectivity index (χ4v) is 0.965. The molecular formula is C5H11N2NaS. The van der Waals surface area contributed by atoms with Crippen LogP contribution in [0.25, 0.3) is 0 Å². The van der Waals surface area contributed by atoms with E-state index in [1.807, 2.05) is 14.1 Å². The Morgan fingerprint density at radius 1 is 1.22 bits per heavy atom. The molecule has 0 unspecified atom stereocenters. The third-order valence-corrected chi connectivity index (χ3v) is 2.05. The van der Waals surface area contributed by atoms with Crippen molar-refractivity contribution in [3.63, 3.8) is 0 Å². The Bertz CT molecular complexity index is 106. The van der Waals surface area contributed by atoms with Crippen molar-refractivity contribution in [2.75, 3.05) is 27.2 Å². The van der Waals surface area contributed by atoms with Gasteiger partial charge in [-0.2, -0.15) is 0 Å². The average molecular weight is 154 g/mol. The van der Waals surface area contributed by atoms with Gasteiger partial charge in [-0.15, -0.1) is 0 Å². The van der Waals surface area contributed by atoms with Crippen molar-refractivity contribution in [1.29, 1.82) is 0 Å². The monoisotopic (exact) mass is 154 g/mol. The van der Waals surface area contributed by atoms with E-state index in [2.05, 4.69) is 9.80 Å². The third kappa shape index (κ3) is 2.08. The molecule has 0 aliphatic carbocycles. The first-order chi connectivity index (χ1) is 3.72. The summed E-state index contributed by atoms with van der Waals surface area (Å²) in [6.45, 7) is 2.16. The molecule has 0 atom stereocenters. The van der Waals surface area contributed by atoms with Crippen LogP contribution in [-0.2, 0) is 0 Å². The van der Waals surface area contributed by atoms with Gasteiger partial charge in [-0.3, -0.25) is 0 Å². The van der Waals surface area contributed by atoms with Gasteiger partial charge in [0.25, 0.3) is 0 Å². The summed E-state index contributed by atoms with van der Waals surface area (Å²) < 4.78 is 0. The fourth-order valence-electron chi connectivity index (χ4n) is 0.783. The van der Waals surface area contributed by atoms with Crippen LogP contribution in [0, 0.1) is 0 Å². The molecule has 9 heavy (non-hydrogen) atoms. The van der Waals surface area contributed by atoms with Crippen molar-refractivity contribution < 1.29 is 0 Å². The molecule has 1 rings (SSSR count). The standard InChI is InChI=1S/C5H10N2S.Na.H/c1-6-3-4-7(2)5(6)8;;/h3-4H2,1-2H3;;. The van der Waals surface area contributed by atoms with Crippen LogP contribution in [0.15, 0.2) is 0 Å². The van der Waals surface area contributed by atoms with Gasteiger partial charge >= 0.3 is 29.6 Å². The Hall–Kier alpha value is 0.690. The Labute approximate surface area is 83.5 Å². The van der Waals surface area contributed by atoms with E-state index in [1.165, 1.54) is 0 Å². The molecule has 4 heteroatoms. The normalized spacial score (nSPS) is 18.2. The van der Waals surface area contributed by atoms with Crippen molar-refractivity contribution in [1.82, 2.24) is 9.80 Å². The first kappa shape index (κ1) is 9.69. The molecule has 1 saturated heterocycles. The molecule has 2 nitrogen and oxygen atoms in total. The molecule has 0 bridgehead atoms. The summed E-state index contributed by atoms with van der Waals surface area (Å²) in [6, 6.07) is 0. The van der Waals surface area contributed by atoms with Crippen LogP contribution in [0.1, 0.15) is 0 Å². The SMILES string of the molecule is CN1CCN(C)C1=S.[NaH]. The Kier molecular flexibility index (Phi) is 4.05. The summed E-state index contributed by atoms with van der Waals surface area (Å²) in [7, 11) is 4.04. The molecule has 1 aliphatic rings. The van der Waals surface area contributed by atoms with E-state index in [0.29, 0.717) is 0 Å². The summed E-state index contributed by atoms with van der Waals surface area (Å²) >= 11 is 5.02. The fraction of sp³-hybridized carbons (Fsp3) is 0.800. The predicted molar refractivity (Wildman–Crippen MR) is 45.0 cm³/mol. The third-order valence-electron chi connectivity index (χ3n) is 1.42. The molecule has 0 spiro atoms. The number of thiocarbonyl (C=S) groups is 1. The summed E-state index contributed by atoms with van der Waals surface area (Å²) in [5, 5.41) is 0.963. The molecule has 48 valence electrons. The summed E-state index contributed by atoms with van der Waals surface area (Å²) in [4.78, 5) is 4.16. The van der Waals surface area contributed by atoms with Gasteiger partial charge in [-0.05, 0) is 12.2 Å². The van der Waals surface area contributed by atoms with Gasteiger partial charge in [0.05, 0.1) is 0 Å². The number of hydrogen-bond acceptors (Lipinski definition) is 1. The molecule has 0 amide bonds. The molecule has 0 radical (unpaired) electrons. The van der Waals surface area contributed by atoms with Crippen LogP contribution in [0.3, 0.4) is 0 Å². The van der Waals surface area contributed by atoms with Crippen molar-refractivity contribution >= 4 is 46.9 Å². The summed E-state index contributed by atoms with van der Waals surface area (Å²) in [6.07, 6.45) is 0. The van der Waals surface area contributed by atoms with E-state index in [1.54, 1.807) is 0 Å². The van der Waals surface area contributed by atoms with Crippen LogP contribution < -0.4 is 0 Å². The molecule has 1 aliphatic heterocycles. The van der Waals surface area contributed by atoms with Crippen LogP contribution in [0.2, 0.25) is 0 Å². The first-order valence-electron chi connectivity index (χ1n) is 2.68. The van der Waals surface area contributed by atoms with Gasteiger partial charge in [0.2, 0.25) is 0 Å². The number of hydrogen-bond donors (Lipinski definition) is 0. The van der Waals surface area contributed by atoms with Crippen LogP contribution in [0.4, 0.5) is 0 Å². The quantitative estimate of drug-likeness (QED) is 0.343. The Morgan fingerprint density at radius 2 is 1.56 bits per heavy atom. The van der Waals surface area contributed by atoms with Gasteiger partial charge in [-0.1, -0.05) is 0 Å². The van der Waals surface area contributed by atoms with E-state index in [-0.39, 0.29) is 29.6 Å². The van der Waals surface area contributed by atoms with E-state index >= 15 is 0 Å². The van der Waals surface area contributed by atoms with Gasteiger partial charge in [-0.25, -0.2) is 0 Å². The van der Waals surface area contributed by atoms with Crippen LogP contribution >= 0.6 is 12.2 Å².